The van der Waals surface area contributed by atoms with Crippen LogP contribution in [0.15, 0.2) is 30.3 Å². The van der Waals surface area contributed by atoms with E-state index in [4.69, 9.17) is 29.2 Å². The Bertz CT molecular complexity index is 338. The van der Waals surface area contributed by atoms with Gasteiger partial charge in [-0.3, -0.25) is 0 Å². The summed E-state index contributed by atoms with van der Waals surface area (Å²) in [6, 6.07) is 8.71. The number of hydrogen-bond acceptors (Lipinski definition) is 6. The third-order valence-corrected chi connectivity index (χ3v) is 2.58. The van der Waals surface area contributed by atoms with E-state index in [1.165, 1.54) is 0 Å². The molecule has 1 aromatic rings. The molecule has 2 fully saturated rings. The van der Waals surface area contributed by atoms with E-state index < -0.39 is 0 Å². The number of benzene rings is 1. The lowest BCUT2D eigenvalue weighted by molar-refractivity contribution is 0.102. The topological polar surface area (TPSA) is 84.0 Å². The molecular weight excluding hydrogens is 312 g/mol. The molecule has 2 aliphatic rings. The maximum absolute atomic E-state index is 8.63. The monoisotopic (exact) mass is 344 g/mol. The highest BCUT2D eigenvalue weighted by molar-refractivity contribution is 5.18. The van der Waals surface area contributed by atoms with Gasteiger partial charge in [0.25, 0.3) is 0 Å². The summed E-state index contributed by atoms with van der Waals surface area (Å²) in [5.41, 5.74) is 0. The second kappa shape index (κ2) is 16.7. The number of rotatable bonds is 6. The molecule has 0 radical (unpaired) electrons. The molecule has 2 atom stereocenters. The van der Waals surface area contributed by atoms with E-state index >= 15 is 0 Å². The van der Waals surface area contributed by atoms with Crippen LogP contribution < -0.4 is 0 Å². The second-order valence-electron chi connectivity index (χ2n) is 4.88. The highest BCUT2D eigenvalue weighted by atomic mass is 16.6. The molecule has 2 saturated heterocycles. The molecule has 6 heteroatoms. The van der Waals surface area contributed by atoms with Gasteiger partial charge in [0.2, 0.25) is 0 Å². The van der Waals surface area contributed by atoms with Gasteiger partial charge in [0.1, 0.15) is 18.0 Å². The van der Waals surface area contributed by atoms with E-state index in [1.54, 1.807) is 31.2 Å². The average molecular weight is 344 g/mol. The molecule has 2 N–H and O–H groups in total. The van der Waals surface area contributed by atoms with Gasteiger partial charge in [-0.25, -0.2) is 0 Å². The van der Waals surface area contributed by atoms with Crippen molar-refractivity contribution in [2.24, 2.45) is 0 Å². The summed E-state index contributed by atoms with van der Waals surface area (Å²) < 4.78 is 20.0. The van der Waals surface area contributed by atoms with Crippen LogP contribution in [0.3, 0.4) is 0 Å². The van der Waals surface area contributed by atoms with Gasteiger partial charge in [0, 0.05) is 19.8 Å². The molecule has 2 heterocycles. The first kappa shape index (κ1) is 22.8. The van der Waals surface area contributed by atoms with Crippen LogP contribution in [0.25, 0.3) is 0 Å². The summed E-state index contributed by atoms with van der Waals surface area (Å²) in [5.74, 6) is 0.322. The van der Waals surface area contributed by atoms with Crippen LogP contribution in [0, 0.1) is 0 Å². The zero-order chi connectivity index (χ0) is 18.0. The predicted octanol–water partition coefficient (Wildman–Crippen LogP) is 2.23. The predicted molar refractivity (Wildman–Crippen MR) is 93.3 cm³/mol. The fourth-order valence-corrected chi connectivity index (χ4v) is 1.29. The fraction of sp³-hybridized carbons (Fsp3) is 0.667. The standard InChI is InChI=1S/C6H10O3.C6H6O.C4H10O.C2H6O/c1(5-3-8-5)7-2-6-4-9-6;7-6-4-2-1-3-5-6;1-3-5-4-2;1-2-3/h5-6H,1-4H2;1-5,7H;3-4H2,1-2H3;3H,2H2,1H3. The second-order valence-corrected chi connectivity index (χ2v) is 4.88. The Morgan fingerprint density at radius 1 is 0.917 bits per heavy atom. The summed E-state index contributed by atoms with van der Waals surface area (Å²) >= 11 is 0. The van der Waals surface area contributed by atoms with Gasteiger partial charge < -0.3 is 29.2 Å². The van der Waals surface area contributed by atoms with E-state index in [0.29, 0.717) is 18.0 Å². The molecule has 6 nitrogen and oxygen atoms in total. The minimum absolute atomic E-state index is 0.250. The zero-order valence-electron chi connectivity index (χ0n) is 15.0. The quantitative estimate of drug-likeness (QED) is 0.770. The lowest BCUT2D eigenvalue weighted by Crippen LogP contribution is -2.06. The van der Waals surface area contributed by atoms with Crippen LogP contribution >= 0.6 is 0 Å². The van der Waals surface area contributed by atoms with Crippen molar-refractivity contribution < 1.29 is 29.2 Å². The molecule has 2 aliphatic heterocycles. The van der Waals surface area contributed by atoms with Crippen LogP contribution in [-0.4, -0.2) is 68.7 Å². The Morgan fingerprint density at radius 2 is 1.33 bits per heavy atom. The molecule has 0 aromatic heterocycles. The van der Waals surface area contributed by atoms with E-state index in [2.05, 4.69) is 0 Å². The van der Waals surface area contributed by atoms with E-state index in [9.17, 15) is 0 Å². The van der Waals surface area contributed by atoms with Gasteiger partial charge >= 0.3 is 0 Å². The Labute approximate surface area is 145 Å². The SMILES string of the molecule is C(OCC1CO1)C1CO1.CCO.CCOCC.Oc1ccccc1. The van der Waals surface area contributed by atoms with E-state index in [0.717, 1.165) is 39.6 Å². The first-order valence-electron chi connectivity index (χ1n) is 8.41. The van der Waals surface area contributed by atoms with Crippen molar-refractivity contribution in [2.45, 2.75) is 33.0 Å². The Morgan fingerprint density at radius 3 is 1.54 bits per heavy atom. The number of phenolic OH excluding ortho intramolecular Hbond substituents is 1. The van der Waals surface area contributed by atoms with Crippen LogP contribution in [0.2, 0.25) is 0 Å². The van der Waals surface area contributed by atoms with Crippen LogP contribution in [0.1, 0.15) is 20.8 Å². The number of epoxide rings is 2. The molecular formula is C18H32O6. The Hall–Kier alpha value is -1.18. The summed E-state index contributed by atoms with van der Waals surface area (Å²) in [6.45, 7) is 10.9. The van der Waals surface area contributed by atoms with Crippen LogP contribution in [-0.2, 0) is 18.9 Å². The zero-order valence-corrected chi connectivity index (χ0v) is 15.0. The molecule has 1 aromatic carbocycles. The number of hydrogen-bond donors (Lipinski definition) is 2. The maximum Gasteiger partial charge on any atom is 0.115 e. The van der Waals surface area contributed by atoms with Crippen LogP contribution in [0.5, 0.6) is 5.75 Å². The highest BCUT2D eigenvalue weighted by Gasteiger charge is 2.26. The normalized spacial score (nSPS) is 19.5. The molecule has 0 bridgehead atoms. The number of phenols is 1. The van der Waals surface area contributed by atoms with E-state index in [-0.39, 0.29) is 6.61 Å². The minimum atomic E-state index is 0.250. The molecule has 0 aliphatic carbocycles. The van der Waals surface area contributed by atoms with Crippen molar-refractivity contribution in [3.63, 3.8) is 0 Å². The van der Waals surface area contributed by atoms with Gasteiger partial charge in [-0.05, 0) is 32.9 Å². The summed E-state index contributed by atoms with van der Waals surface area (Å²) in [4.78, 5) is 0. The largest absolute Gasteiger partial charge is 0.508 e. The van der Waals surface area contributed by atoms with Crippen LogP contribution in [0.4, 0.5) is 0 Å². The number of aliphatic hydroxyl groups is 1. The third kappa shape index (κ3) is 18.9. The number of aliphatic hydroxyl groups excluding tert-OH is 1. The third-order valence-electron chi connectivity index (χ3n) is 2.58. The number of aromatic hydroxyl groups is 1. The smallest absolute Gasteiger partial charge is 0.115 e. The van der Waals surface area contributed by atoms with Crippen molar-refractivity contribution in [3.05, 3.63) is 30.3 Å². The lowest BCUT2D eigenvalue weighted by Gasteiger charge is -1.95. The van der Waals surface area contributed by atoms with Crippen molar-refractivity contribution in [1.29, 1.82) is 0 Å². The Kier molecular flexibility index (Phi) is 15.9. The Balaban J connectivity index is 0.000000318. The van der Waals surface area contributed by atoms with Gasteiger partial charge in [-0.2, -0.15) is 0 Å². The molecule has 0 spiro atoms. The highest BCUT2D eigenvalue weighted by Crippen LogP contribution is 2.12. The van der Waals surface area contributed by atoms with Crippen molar-refractivity contribution in [2.75, 3.05) is 46.2 Å². The first-order valence-corrected chi connectivity index (χ1v) is 8.41. The van der Waals surface area contributed by atoms with Gasteiger partial charge in [0.15, 0.2) is 0 Å². The summed E-state index contributed by atoms with van der Waals surface area (Å²) in [7, 11) is 0. The van der Waals surface area contributed by atoms with Crippen molar-refractivity contribution in [1.82, 2.24) is 0 Å². The average Bonchev–Trinajstić information content (AvgIpc) is 3.47. The lowest BCUT2D eigenvalue weighted by atomic mass is 10.3. The minimum Gasteiger partial charge on any atom is -0.508 e. The number of ether oxygens (including phenoxy) is 4. The summed E-state index contributed by atoms with van der Waals surface area (Å²) in [6.07, 6.45) is 0.785. The number of para-hydroxylation sites is 1. The molecule has 0 saturated carbocycles. The van der Waals surface area contributed by atoms with Crippen molar-refractivity contribution in [3.8, 4) is 5.75 Å². The molecule has 140 valence electrons. The molecule has 24 heavy (non-hydrogen) atoms. The molecule has 2 unspecified atom stereocenters. The van der Waals surface area contributed by atoms with Gasteiger partial charge in [-0.15, -0.1) is 0 Å². The molecule has 0 amide bonds. The maximum atomic E-state index is 8.63. The van der Waals surface area contributed by atoms with Gasteiger partial charge in [0.05, 0.1) is 26.4 Å². The van der Waals surface area contributed by atoms with E-state index in [1.807, 2.05) is 19.9 Å². The summed E-state index contributed by atoms with van der Waals surface area (Å²) in [5, 5.41) is 16.2. The van der Waals surface area contributed by atoms with Crippen molar-refractivity contribution >= 4 is 0 Å². The fourth-order valence-electron chi connectivity index (χ4n) is 1.29. The molecule has 3 rings (SSSR count). The van der Waals surface area contributed by atoms with Gasteiger partial charge in [-0.1, -0.05) is 18.2 Å². The first-order chi connectivity index (χ1) is 11.7.